The van der Waals surface area contributed by atoms with Gasteiger partial charge >= 0.3 is 0 Å². The number of amides is 1. The second-order valence-electron chi connectivity index (χ2n) is 7.96. The van der Waals surface area contributed by atoms with Gasteiger partial charge in [-0.25, -0.2) is 8.42 Å². The minimum atomic E-state index is -3.03. The first-order valence-corrected chi connectivity index (χ1v) is 11.8. The lowest BCUT2D eigenvalue weighted by Crippen LogP contribution is -2.44. The van der Waals surface area contributed by atoms with E-state index in [-0.39, 0.29) is 29.4 Å². The van der Waals surface area contributed by atoms with Crippen LogP contribution in [0.2, 0.25) is 0 Å². The van der Waals surface area contributed by atoms with Crippen LogP contribution >= 0.6 is 0 Å². The summed E-state index contributed by atoms with van der Waals surface area (Å²) in [6.45, 7) is 2.60. The van der Waals surface area contributed by atoms with Crippen LogP contribution in [0.4, 0.5) is 0 Å². The minimum absolute atomic E-state index is 0.0335. The van der Waals surface area contributed by atoms with Crippen molar-refractivity contribution in [3.8, 4) is 0 Å². The molecule has 1 saturated carbocycles. The van der Waals surface area contributed by atoms with E-state index in [9.17, 15) is 13.2 Å². The van der Waals surface area contributed by atoms with Gasteiger partial charge < -0.3 is 9.32 Å². The standard InChI is InChI=1S/C20H31NO4S/c1-2-3-5-16-7-9-17(10-8-16)20(22)21(14-19-6-4-12-25-19)18-11-13-26(23,24)15-18/h4,6,12,16-18H,2-3,5,7-11,13-15H2,1H3/t16?,17?,18-/m0/s1. The van der Waals surface area contributed by atoms with Crippen molar-refractivity contribution in [1.82, 2.24) is 4.90 Å². The second-order valence-corrected chi connectivity index (χ2v) is 10.2. The Morgan fingerprint density at radius 3 is 2.58 bits per heavy atom. The van der Waals surface area contributed by atoms with Crippen LogP contribution in [-0.4, -0.2) is 36.8 Å². The lowest BCUT2D eigenvalue weighted by molar-refractivity contribution is -0.139. The van der Waals surface area contributed by atoms with Crippen LogP contribution in [0, 0.1) is 11.8 Å². The Bertz CT molecular complexity index is 675. The molecule has 1 aromatic rings. The van der Waals surface area contributed by atoms with Crippen molar-refractivity contribution in [3.05, 3.63) is 24.2 Å². The number of rotatable bonds is 7. The molecule has 0 spiro atoms. The Kier molecular flexibility index (Phi) is 6.43. The van der Waals surface area contributed by atoms with Gasteiger partial charge in [-0.3, -0.25) is 4.79 Å². The second kappa shape index (κ2) is 8.59. The van der Waals surface area contributed by atoms with Crippen molar-refractivity contribution in [2.75, 3.05) is 11.5 Å². The molecule has 1 amide bonds. The van der Waals surface area contributed by atoms with Gasteiger partial charge in [-0.15, -0.1) is 0 Å². The third-order valence-electron chi connectivity index (χ3n) is 6.00. The van der Waals surface area contributed by atoms with Crippen LogP contribution in [0.3, 0.4) is 0 Å². The molecule has 5 nitrogen and oxygen atoms in total. The fourth-order valence-electron chi connectivity index (χ4n) is 4.40. The fraction of sp³-hybridized carbons (Fsp3) is 0.750. The molecule has 1 aliphatic carbocycles. The maximum absolute atomic E-state index is 13.2. The molecular weight excluding hydrogens is 350 g/mol. The van der Waals surface area contributed by atoms with E-state index in [0.29, 0.717) is 13.0 Å². The van der Waals surface area contributed by atoms with Crippen molar-refractivity contribution in [2.45, 2.75) is 70.9 Å². The van der Waals surface area contributed by atoms with E-state index < -0.39 is 9.84 Å². The van der Waals surface area contributed by atoms with Crippen LogP contribution < -0.4 is 0 Å². The Morgan fingerprint density at radius 1 is 1.23 bits per heavy atom. The molecule has 0 N–H and O–H groups in total. The molecule has 0 unspecified atom stereocenters. The van der Waals surface area contributed by atoms with Crippen molar-refractivity contribution >= 4 is 15.7 Å². The molecule has 3 rings (SSSR count). The highest BCUT2D eigenvalue weighted by Gasteiger charge is 2.38. The molecule has 1 atom stereocenters. The van der Waals surface area contributed by atoms with Gasteiger partial charge in [0.05, 0.1) is 24.3 Å². The van der Waals surface area contributed by atoms with Gasteiger partial charge in [0.15, 0.2) is 9.84 Å². The maximum atomic E-state index is 13.2. The Morgan fingerprint density at radius 2 is 2.00 bits per heavy atom. The molecule has 0 bridgehead atoms. The minimum Gasteiger partial charge on any atom is -0.467 e. The van der Waals surface area contributed by atoms with Gasteiger partial charge in [0, 0.05) is 12.0 Å². The third kappa shape index (κ3) is 4.90. The van der Waals surface area contributed by atoms with E-state index in [4.69, 9.17) is 4.42 Å². The third-order valence-corrected chi connectivity index (χ3v) is 7.75. The summed E-state index contributed by atoms with van der Waals surface area (Å²) in [6.07, 6.45) is 10.0. The smallest absolute Gasteiger partial charge is 0.226 e. The van der Waals surface area contributed by atoms with Crippen molar-refractivity contribution < 1.29 is 17.6 Å². The zero-order chi connectivity index (χ0) is 18.6. The zero-order valence-electron chi connectivity index (χ0n) is 15.7. The molecule has 146 valence electrons. The molecule has 6 heteroatoms. The Balaban J connectivity index is 1.65. The fourth-order valence-corrected chi connectivity index (χ4v) is 6.13. The first-order chi connectivity index (χ1) is 12.5. The molecule has 0 aromatic carbocycles. The van der Waals surface area contributed by atoms with E-state index in [1.165, 1.54) is 19.3 Å². The Labute approximate surface area is 157 Å². The molecule has 26 heavy (non-hydrogen) atoms. The van der Waals surface area contributed by atoms with Crippen molar-refractivity contribution in [1.29, 1.82) is 0 Å². The van der Waals surface area contributed by atoms with E-state index in [1.807, 2.05) is 12.1 Å². The van der Waals surface area contributed by atoms with Gasteiger partial charge in [0.25, 0.3) is 0 Å². The molecule has 0 radical (unpaired) electrons. The lowest BCUT2D eigenvalue weighted by atomic mass is 9.79. The summed E-state index contributed by atoms with van der Waals surface area (Å²) in [7, 11) is -3.03. The van der Waals surface area contributed by atoms with Gasteiger partial charge in [0.2, 0.25) is 5.91 Å². The number of sulfone groups is 1. The number of carbonyl (C=O) groups excluding carboxylic acids is 1. The lowest BCUT2D eigenvalue weighted by Gasteiger charge is -2.34. The average molecular weight is 382 g/mol. The monoisotopic (exact) mass is 381 g/mol. The van der Waals surface area contributed by atoms with Crippen LogP contribution in [0.5, 0.6) is 0 Å². The number of nitrogens with zero attached hydrogens (tertiary/aromatic N) is 1. The van der Waals surface area contributed by atoms with E-state index >= 15 is 0 Å². The summed E-state index contributed by atoms with van der Waals surface area (Å²) < 4.78 is 29.3. The van der Waals surface area contributed by atoms with Crippen LogP contribution in [-0.2, 0) is 21.2 Å². The number of carbonyl (C=O) groups is 1. The van der Waals surface area contributed by atoms with Gasteiger partial charge in [-0.1, -0.05) is 26.2 Å². The predicted octanol–water partition coefficient (Wildman–Crippen LogP) is 3.79. The molecule has 1 saturated heterocycles. The maximum Gasteiger partial charge on any atom is 0.226 e. The van der Waals surface area contributed by atoms with E-state index in [0.717, 1.165) is 37.4 Å². The first kappa shape index (κ1) is 19.5. The summed E-state index contributed by atoms with van der Waals surface area (Å²) in [5.41, 5.74) is 0. The van der Waals surface area contributed by atoms with E-state index in [2.05, 4.69) is 6.92 Å². The van der Waals surface area contributed by atoms with E-state index in [1.54, 1.807) is 11.2 Å². The predicted molar refractivity (Wildman–Crippen MR) is 101 cm³/mol. The van der Waals surface area contributed by atoms with Crippen molar-refractivity contribution in [3.63, 3.8) is 0 Å². The summed E-state index contributed by atoms with van der Waals surface area (Å²) in [6, 6.07) is 3.45. The number of unbranched alkanes of at least 4 members (excludes halogenated alkanes) is 1. The molecule has 1 aromatic heterocycles. The largest absolute Gasteiger partial charge is 0.467 e. The van der Waals surface area contributed by atoms with Crippen LogP contribution in [0.25, 0.3) is 0 Å². The molecule has 2 aliphatic rings. The van der Waals surface area contributed by atoms with Gasteiger partial charge in [0.1, 0.15) is 5.76 Å². The average Bonchev–Trinajstić information content (AvgIpc) is 3.27. The zero-order valence-corrected chi connectivity index (χ0v) is 16.5. The molecular formula is C20H31NO4S. The number of hydrogen-bond donors (Lipinski definition) is 0. The first-order valence-electron chi connectivity index (χ1n) is 10.0. The summed E-state index contributed by atoms with van der Waals surface area (Å²) >= 11 is 0. The van der Waals surface area contributed by atoms with Crippen molar-refractivity contribution in [2.24, 2.45) is 11.8 Å². The Hall–Kier alpha value is -1.30. The highest BCUT2D eigenvalue weighted by atomic mass is 32.2. The summed E-state index contributed by atoms with van der Waals surface area (Å²) in [5.74, 6) is 1.90. The van der Waals surface area contributed by atoms with Gasteiger partial charge in [-0.2, -0.15) is 0 Å². The van der Waals surface area contributed by atoms with Crippen LogP contribution in [0.1, 0.15) is 64.1 Å². The molecule has 2 fully saturated rings. The van der Waals surface area contributed by atoms with Crippen LogP contribution in [0.15, 0.2) is 22.8 Å². The highest BCUT2D eigenvalue weighted by molar-refractivity contribution is 7.91. The number of furan rings is 1. The summed E-state index contributed by atoms with van der Waals surface area (Å²) in [4.78, 5) is 15.0. The molecule has 2 heterocycles. The summed E-state index contributed by atoms with van der Waals surface area (Å²) in [5, 5.41) is 0. The topological polar surface area (TPSA) is 67.6 Å². The molecule has 1 aliphatic heterocycles. The SMILES string of the molecule is CCCCC1CCC(C(=O)N(Cc2ccco2)[C@H]2CCS(=O)(=O)C2)CC1. The highest BCUT2D eigenvalue weighted by Crippen LogP contribution is 2.34. The quantitative estimate of drug-likeness (QED) is 0.721. The normalized spacial score (nSPS) is 28.1. The van der Waals surface area contributed by atoms with Gasteiger partial charge in [-0.05, 0) is 50.2 Å². The number of hydrogen-bond acceptors (Lipinski definition) is 4.